The summed E-state index contributed by atoms with van der Waals surface area (Å²) in [6.45, 7) is 1.36. The first-order valence-electron chi connectivity index (χ1n) is 7.07. The van der Waals surface area contributed by atoms with Gasteiger partial charge in [-0.05, 0) is 16.8 Å². The van der Waals surface area contributed by atoms with Gasteiger partial charge in [-0.25, -0.2) is 14.8 Å². The Morgan fingerprint density at radius 1 is 1.12 bits per heavy atom. The van der Waals surface area contributed by atoms with Crippen LogP contribution >= 0.6 is 0 Å². The molecular formula is C17H13N3O4. The fraction of sp³-hybridized carbons (Fsp3) is 0.0588. The van der Waals surface area contributed by atoms with Gasteiger partial charge in [0.2, 0.25) is 11.8 Å². The zero-order valence-electron chi connectivity index (χ0n) is 12.7. The number of ether oxygens (including phenoxy) is 1. The van der Waals surface area contributed by atoms with Gasteiger partial charge in [0.05, 0.1) is 0 Å². The highest BCUT2D eigenvalue weighted by molar-refractivity contribution is 6.06. The fourth-order valence-corrected chi connectivity index (χ4v) is 2.31. The van der Waals surface area contributed by atoms with Crippen LogP contribution in [0.15, 0.2) is 48.8 Å². The van der Waals surface area contributed by atoms with Crippen molar-refractivity contribution in [2.24, 2.45) is 0 Å². The number of amides is 1. The molecule has 3 aromatic rings. The third kappa shape index (κ3) is 3.14. The molecule has 7 nitrogen and oxygen atoms in total. The summed E-state index contributed by atoms with van der Waals surface area (Å²) >= 11 is 0. The Morgan fingerprint density at radius 2 is 1.92 bits per heavy atom. The van der Waals surface area contributed by atoms with Gasteiger partial charge in [0, 0.05) is 13.0 Å². The highest BCUT2D eigenvalue weighted by Gasteiger charge is 2.17. The quantitative estimate of drug-likeness (QED) is 0.765. The lowest BCUT2D eigenvalue weighted by Crippen LogP contribution is -2.08. The minimum Gasteiger partial charge on any atom is -0.478 e. The third-order valence-corrected chi connectivity index (χ3v) is 3.27. The molecule has 0 bridgehead atoms. The highest BCUT2D eigenvalue weighted by atomic mass is 16.5. The van der Waals surface area contributed by atoms with Gasteiger partial charge >= 0.3 is 5.97 Å². The molecule has 1 heterocycles. The maximum atomic E-state index is 11.7. The molecule has 0 saturated heterocycles. The number of anilines is 1. The Hall–Kier alpha value is -3.48. The number of carboxylic acid groups (broad SMARTS) is 1. The number of carbonyl (C=O) groups is 2. The van der Waals surface area contributed by atoms with Crippen LogP contribution in [0.5, 0.6) is 11.6 Å². The van der Waals surface area contributed by atoms with E-state index in [4.69, 9.17) is 4.74 Å². The first-order valence-corrected chi connectivity index (χ1v) is 7.07. The number of rotatable bonds is 4. The fourth-order valence-electron chi connectivity index (χ4n) is 2.31. The Morgan fingerprint density at radius 3 is 2.67 bits per heavy atom. The molecule has 120 valence electrons. The average Bonchev–Trinajstić information content (AvgIpc) is 2.54. The van der Waals surface area contributed by atoms with Crippen molar-refractivity contribution in [3.8, 4) is 11.6 Å². The zero-order valence-corrected chi connectivity index (χ0v) is 12.7. The molecule has 3 rings (SSSR count). The van der Waals surface area contributed by atoms with E-state index in [1.807, 2.05) is 12.1 Å². The number of carboxylic acids is 1. The third-order valence-electron chi connectivity index (χ3n) is 3.27. The van der Waals surface area contributed by atoms with Crippen LogP contribution < -0.4 is 10.1 Å². The van der Waals surface area contributed by atoms with Gasteiger partial charge in [-0.1, -0.05) is 30.3 Å². The maximum Gasteiger partial charge on any atom is 0.340 e. The molecule has 0 aliphatic carbocycles. The highest BCUT2D eigenvalue weighted by Crippen LogP contribution is 2.31. The van der Waals surface area contributed by atoms with Crippen LogP contribution in [-0.2, 0) is 4.79 Å². The monoisotopic (exact) mass is 323 g/mol. The molecule has 2 aromatic carbocycles. The van der Waals surface area contributed by atoms with Crippen molar-refractivity contribution in [3.63, 3.8) is 0 Å². The van der Waals surface area contributed by atoms with E-state index in [0.29, 0.717) is 5.39 Å². The van der Waals surface area contributed by atoms with Crippen molar-refractivity contribution in [1.82, 2.24) is 9.97 Å². The van der Waals surface area contributed by atoms with E-state index in [-0.39, 0.29) is 28.9 Å². The van der Waals surface area contributed by atoms with Gasteiger partial charge in [0.15, 0.2) is 0 Å². The first kappa shape index (κ1) is 15.4. The van der Waals surface area contributed by atoms with Crippen molar-refractivity contribution in [2.45, 2.75) is 6.92 Å². The summed E-state index contributed by atoms with van der Waals surface area (Å²) in [6, 6.07) is 11.9. The van der Waals surface area contributed by atoms with Crippen LogP contribution in [0.25, 0.3) is 10.8 Å². The van der Waals surface area contributed by atoms with Gasteiger partial charge in [-0.15, -0.1) is 0 Å². The summed E-state index contributed by atoms with van der Waals surface area (Å²) in [5, 5.41) is 13.4. The van der Waals surface area contributed by atoms with E-state index < -0.39 is 5.97 Å². The standard InChI is InChI=1S/C17H13N3O4/c1-10(21)20-14-8-15(19-9-18-14)24-13-7-6-11-4-2-3-5-12(11)16(13)17(22)23/h2-9H,1H3,(H,22,23)(H,18,19,20,21). The Bertz CT molecular complexity index is 940. The molecule has 7 heteroatoms. The summed E-state index contributed by atoms with van der Waals surface area (Å²) in [5.41, 5.74) is 0.0489. The Balaban J connectivity index is 2.03. The number of nitrogens with zero attached hydrogens (tertiary/aromatic N) is 2. The molecule has 24 heavy (non-hydrogen) atoms. The molecule has 1 aromatic heterocycles. The molecule has 0 spiro atoms. The summed E-state index contributed by atoms with van der Waals surface area (Å²) in [7, 11) is 0. The largest absolute Gasteiger partial charge is 0.478 e. The molecule has 0 radical (unpaired) electrons. The molecule has 0 fully saturated rings. The zero-order chi connectivity index (χ0) is 17.1. The second-order valence-corrected chi connectivity index (χ2v) is 4.99. The van der Waals surface area contributed by atoms with Crippen molar-refractivity contribution in [3.05, 3.63) is 54.4 Å². The normalized spacial score (nSPS) is 10.4. The minimum atomic E-state index is -1.10. The lowest BCUT2D eigenvalue weighted by molar-refractivity contribution is -0.114. The summed E-state index contributed by atoms with van der Waals surface area (Å²) < 4.78 is 5.62. The molecule has 0 aliphatic heterocycles. The topological polar surface area (TPSA) is 101 Å². The van der Waals surface area contributed by atoms with E-state index in [0.717, 1.165) is 5.39 Å². The van der Waals surface area contributed by atoms with Crippen molar-refractivity contribution in [1.29, 1.82) is 0 Å². The molecule has 2 N–H and O–H groups in total. The van der Waals surface area contributed by atoms with Crippen molar-refractivity contribution >= 4 is 28.5 Å². The van der Waals surface area contributed by atoms with Crippen molar-refractivity contribution in [2.75, 3.05) is 5.32 Å². The van der Waals surface area contributed by atoms with E-state index in [2.05, 4.69) is 15.3 Å². The number of carbonyl (C=O) groups excluding carboxylic acids is 1. The predicted molar refractivity (Wildman–Crippen MR) is 87.3 cm³/mol. The van der Waals surface area contributed by atoms with E-state index in [9.17, 15) is 14.7 Å². The van der Waals surface area contributed by atoms with Crippen LogP contribution in [0.1, 0.15) is 17.3 Å². The van der Waals surface area contributed by atoms with Gasteiger partial charge in [-0.2, -0.15) is 0 Å². The van der Waals surface area contributed by atoms with Gasteiger partial charge < -0.3 is 15.2 Å². The van der Waals surface area contributed by atoms with E-state index in [1.54, 1.807) is 24.3 Å². The van der Waals surface area contributed by atoms with Gasteiger partial charge in [0.25, 0.3) is 0 Å². The molecule has 0 atom stereocenters. The second kappa shape index (κ2) is 6.33. The summed E-state index contributed by atoms with van der Waals surface area (Å²) in [6.07, 6.45) is 1.22. The van der Waals surface area contributed by atoms with E-state index >= 15 is 0 Å². The Kier molecular flexibility index (Phi) is 4.07. The summed E-state index contributed by atoms with van der Waals surface area (Å²) in [5.74, 6) is -0.820. The minimum absolute atomic E-state index is 0.0489. The molecule has 0 aliphatic rings. The molecule has 1 amide bonds. The Labute approximate surface area is 136 Å². The number of fused-ring (bicyclic) bond motifs is 1. The number of benzene rings is 2. The van der Waals surface area contributed by atoms with E-state index in [1.165, 1.54) is 19.3 Å². The molecule has 0 saturated carbocycles. The SMILES string of the molecule is CC(=O)Nc1cc(Oc2ccc3ccccc3c2C(=O)O)ncn1. The second-order valence-electron chi connectivity index (χ2n) is 4.99. The number of hydrogen-bond donors (Lipinski definition) is 2. The lowest BCUT2D eigenvalue weighted by atomic mass is 10.0. The lowest BCUT2D eigenvalue weighted by Gasteiger charge is -2.11. The predicted octanol–water partition coefficient (Wildman–Crippen LogP) is 3.08. The maximum absolute atomic E-state index is 11.7. The van der Waals surface area contributed by atoms with Gasteiger partial charge in [-0.3, -0.25) is 4.79 Å². The van der Waals surface area contributed by atoms with Gasteiger partial charge in [0.1, 0.15) is 23.5 Å². The van der Waals surface area contributed by atoms with Crippen LogP contribution in [0.3, 0.4) is 0 Å². The smallest absolute Gasteiger partial charge is 0.340 e. The van der Waals surface area contributed by atoms with Crippen molar-refractivity contribution < 1.29 is 19.4 Å². The average molecular weight is 323 g/mol. The van der Waals surface area contributed by atoms with Crippen LogP contribution in [-0.4, -0.2) is 27.0 Å². The van der Waals surface area contributed by atoms with Crippen LogP contribution in [0.4, 0.5) is 5.82 Å². The number of nitrogens with one attached hydrogen (secondary N) is 1. The summed E-state index contributed by atoms with van der Waals surface area (Å²) in [4.78, 5) is 30.6. The van der Waals surface area contributed by atoms with Crippen LogP contribution in [0, 0.1) is 0 Å². The first-order chi connectivity index (χ1) is 11.5. The number of aromatic nitrogens is 2. The van der Waals surface area contributed by atoms with Crippen LogP contribution in [0.2, 0.25) is 0 Å². The molecular weight excluding hydrogens is 310 g/mol. The molecule has 0 unspecified atom stereocenters. The number of hydrogen-bond acceptors (Lipinski definition) is 5. The number of aromatic carboxylic acids is 1.